The zero-order chi connectivity index (χ0) is 23.4. The van der Waals surface area contributed by atoms with Crippen molar-refractivity contribution >= 4 is 46.0 Å². The van der Waals surface area contributed by atoms with Crippen LogP contribution in [0.5, 0.6) is 0 Å². The maximum atomic E-state index is 14.4. The maximum Gasteiger partial charge on any atom is 0.251 e. The van der Waals surface area contributed by atoms with Gasteiger partial charge in [-0.25, -0.2) is 9.37 Å². The van der Waals surface area contributed by atoms with E-state index >= 15 is 0 Å². The highest BCUT2D eigenvalue weighted by Gasteiger charge is 2.23. The lowest BCUT2D eigenvalue weighted by atomic mass is 10.1. The number of carbonyl (C=O) groups excluding carboxylic acids is 3. The van der Waals surface area contributed by atoms with Crippen LogP contribution in [0, 0.1) is 5.82 Å². The molecule has 4 rings (SSSR count). The average Bonchev–Trinajstić information content (AvgIpc) is 3.48. The lowest BCUT2D eigenvalue weighted by Gasteiger charge is -2.04. The average molecular weight is 465 g/mol. The Labute approximate surface area is 193 Å². The molecule has 0 radical (unpaired) electrons. The molecule has 168 valence electrons. The van der Waals surface area contributed by atoms with Crippen LogP contribution < -0.4 is 16.0 Å². The Morgan fingerprint density at radius 2 is 1.85 bits per heavy atom. The number of nitrogens with one attached hydrogen (secondary N) is 3. The molecule has 3 aromatic rings. The van der Waals surface area contributed by atoms with Gasteiger partial charge in [-0.3, -0.25) is 19.7 Å². The molecule has 2 aromatic carbocycles. The summed E-state index contributed by atoms with van der Waals surface area (Å²) in [5.74, 6) is -1.29. The summed E-state index contributed by atoms with van der Waals surface area (Å²) in [6.07, 6.45) is 5.06. The van der Waals surface area contributed by atoms with Crippen molar-refractivity contribution in [2.24, 2.45) is 0 Å². The topological polar surface area (TPSA) is 100 Å². The third-order valence-corrected chi connectivity index (χ3v) is 5.57. The fourth-order valence-electron chi connectivity index (χ4n) is 3.02. The predicted octanol–water partition coefficient (Wildman–Crippen LogP) is 4.45. The van der Waals surface area contributed by atoms with E-state index in [1.165, 1.54) is 36.5 Å². The molecule has 33 heavy (non-hydrogen) atoms. The largest absolute Gasteiger partial charge is 0.349 e. The molecule has 0 spiro atoms. The second-order valence-corrected chi connectivity index (χ2v) is 8.46. The van der Waals surface area contributed by atoms with Crippen LogP contribution in [0.4, 0.5) is 15.2 Å². The van der Waals surface area contributed by atoms with Gasteiger partial charge in [0.1, 0.15) is 5.82 Å². The monoisotopic (exact) mass is 464 g/mol. The van der Waals surface area contributed by atoms with Crippen molar-refractivity contribution in [1.29, 1.82) is 0 Å². The molecule has 1 aliphatic carbocycles. The Morgan fingerprint density at radius 1 is 1.09 bits per heavy atom. The summed E-state index contributed by atoms with van der Waals surface area (Å²) in [5.41, 5.74) is 2.35. The van der Waals surface area contributed by atoms with E-state index in [-0.39, 0.29) is 23.3 Å². The summed E-state index contributed by atoms with van der Waals surface area (Å²) < 4.78 is 14.4. The molecule has 0 atom stereocenters. The SMILES string of the molecule is CC(=O)Nc1ccc(-c2csc(NC(=O)/C=C/c3ccc(C(=O)NC4CC4)cc3)n2)c(F)c1. The highest BCUT2D eigenvalue weighted by molar-refractivity contribution is 7.14. The Morgan fingerprint density at radius 3 is 2.52 bits per heavy atom. The highest BCUT2D eigenvalue weighted by Crippen LogP contribution is 2.28. The van der Waals surface area contributed by atoms with Crippen molar-refractivity contribution in [3.05, 3.63) is 70.9 Å². The van der Waals surface area contributed by atoms with Crippen molar-refractivity contribution in [2.75, 3.05) is 10.6 Å². The zero-order valence-electron chi connectivity index (χ0n) is 17.7. The number of hydrogen-bond donors (Lipinski definition) is 3. The fourth-order valence-corrected chi connectivity index (χ4v) is 3.73. The second-order valence-electron chi connectivity index (χ2n) is 7.61. The van der Waals surface area contributed by atoms with Crippen LogP contribution in [0.15, 0.2) is 53.9 Å². The van der Waals surface area contributed by atoms with E-state index in [4.69, 9.17) is 0 Å². The van der Waals surface area contributed by atoms with Gasteiger partial charge in [0.2, 0.25) is 11.8 Å². The van der Waals surface area contributed by atoms with Crippen molar-refractivity contribution in [3.63, 3.8) is 0 Å². The minimum Gasteiger partial charge on any atom is -0.349 e. The first kappa shape index (κ1) is 22.3. The Kier molecular flexibility index (Phi) is 6.60. The van der Waals surface area contributed by atoms with Crippen molar-refractivity contribution in [3.8, 4) is 11.3 Å². The normalized spacial score (nSPS) is 13.0. The lowest BCUT2D eigenvalue weighted by Crippen LogP contribution is -2.25. The smallest absolute Gasteiger partial charge is 0.251 e. The van der Waals surface area contributed by atoms with Gasteiger partial charge in [-0.05, 0) is 54.8 Å². The Hall–Kier alpha value is -3.85. The Balaban J connectivity index is 1.35. The molecule has 7 nitrogen and oxygen atoms in total. The molecule has 9 heteroatoms. The minimum absolute atomic E-state index is 0.0912. The van der Waals surface area contributed by atoms with E-state index in [0.29, 0.717) is 28.1 Å². The minimum atomic E-state index is -0.529. The number of nitrogens with zero attached hydrogens (tertiary/aromatic N) is 1. The van der Waals surface area contributed by atoms with Gasteiger partial charge >= 0.3 is 0 Å². The van der Waals surface area contributed by atoms with E-state index in [1.54, 1.807) is 41.8 Å². The number of carbonyl (C=O) groups is 3. The van der Waals surface area contributed by atoms with E-state index in [1.807, 2.05) is 0 Å². The van der Waals surface area contributed by atoms with Gasteiger partial charge in [0.25, 0.3) is 5.91 Å². The van der Waals surface area contributed by atoms with Gasteiger partial charge in [0.15, 0.2) is 5.13 Å². The molecule has 1 fully saturated rings. The van der Waals surface area contributed by atoms with Crippen molar-refractivity contribution in [2.45, 2.75) is 25.8 Å². The van der Waals surface area contributed by atoms with Crippen LogP contribution in [0.25, 0.3) is 17.3 Å². The Bertz CT molecular complexity index is 1230. The van der Waals surface area contributed by atoms with Crippen LogP contribution >= 0.6 is 11.3 Å². The molecule has 0 bridgehead atoms. The third kappa shape index (κ3) is 6.11. The quantitative estimate of drug-likeness (QED) is 0.450. The number of aromatic nitrogens is 1. The lowest BCUT2D eigenvalue weighted by molar-refractivity contribution is -0.114. The number of halogens is 1. The molecule has 0 aliphatic heterocycles. The molecular weight excluding hydrogens is 443 g/mol. The molecule has 1 heterocycles. The molecular formula is C24H21FN4O3S. The predicted molar refractivity (Wildman–Crippen MR) is 126 cm³/mol. The maximum absolute atomic E-state index is 14.4. The summed E-state index contributed by atoms with van der Waals surface area (Å²) in [6.45, 7) is 1.35. The molecule has 1 saturated carbocycles. The van der Waals surface area contributed by atoms with E-state index in [0.717, 1.165) is 18.4 Å². The van der Waals surface area contributed by atoms with Gasteiger partial charge in [-0.1, -0.05) is 12.1 Å². The summed E-state index contributed by atoms with van der Waals surface area (Å²) in [5, 5.41) is 10.1. The number of benzene rings is 2. The van der Waals surface area contributed by atoms with Crippen molar-refractivity contribution < 1.29 is 18.8 Å². The summed E-state index contributed by atoms with van der Waals surface area (Å²) >= 11 is 1.18. The van der Waals surface area contributed by atoms with Gasteiger partial charge in [-0.2, -0.15) is 0 Å². The second kappa shape index (κ2) is 9.74. The van der Waals surface area contributed by atoms with Gasteiger partial charge < -0.3 is 10.6 Å². The number of anilines is 2. The van der Waals surface area contributed by atoms with Crippen LogP contribution in [-0.2, 0) is 9.59 Å². The highest BCUT2D eigenvalue weighted by atomic mass is 32.1. The molecule has 0 saturated heterocycles. The fraction of sp³-hybridized carbons (Fsp3) is 0.167. The molecule has 1 aromatic heterocycles. The van der Waals surface area contributed by atoms with Crippen molar-refractivity contribution in [1.82, 2.24) is 10.3 Å². The van der Waals surface area contributed by atoms with E-state index in [9.17, 15) is 18.8 Å². The third-order valence-electron chi connectivity index (χ3n) is 4.81. The van der Waals surface area contributed by atoms with E-state index < -0.39 is 5.82 Å². The van der Waals surface area contributed by atoms with Gasteiger partial charge in [0, 0.05) is 41.2 Å². The van der Waals surface area contributed by atoms with Crippen LogP contribution in [-0.4, -0.2) is 28.7 Å². The van der Waals surface area contributed by atoms with Gasteiger partial charge in [0.05, 0.1) is 5.69 Å². The summed E-state index contributed by atoms with van der Waals surface area (Å²) in [4.78, 5) is 39.6. The molecule has 1 aliphatic rings. The first-order valence-electron chi connectivity index (χ1n) is 10.3. The molecule has 3 N–H and O–H groups in total. The van der Waals surface area contributed by atoms with Crippen LogP contribution in [0.3, 0.4) is 0 Å². The van der Waals surface area contributed by atoms with Crippen LogP contribution in [0.1, 0.15) is 35.7 Å². The van der Waals surface area contributed by atoms with Crippen LogP contribution in [0.2, 0.25) is 0 Å². The van der Waals surface area contributed by atoms with Gasteiger partial charge in [-0.15, -0.1) is 11.3 Å². The summed E-state index contributed by atoms with van der Waals surface area (Å²) in [7, 11) is 0. The summed E-state index contributed by atoms with van der Waals surface area (Å²) in [6, 6.07) is 11.6. The first-order valence-corrected chi connectivity index (χ1v) is 11.2. The standard InChI is InChI=1S/C24H21FN4O3S/c1-14(30)26-18-9-10-19(20(25)12-18)21-13-33-24(28-21)29-22(31)11-4-15-2-5-16(6-3-15)23(32)27-17-7-8-17/h2-6,9-13,17H,7-8H2,1H3,(H,26,30)(H,27,32)(H,28,29,31)/b11-4+. The zero-order valence-corrected chi connectivity index (χ0v) is 18.5. The number of hydrogen-bond acceptors (Lipinski definition) is 5. The van der Waals surface area contributed by atoms with E-state index in [2.05, 4.69) is 20.9 Å². The number of thiazole rings is 1. The first-order chi connectivity index (χ1) is 15.9. The molecule has 3 amide bonds. The number of amides is 3. The molecule has 0 unspecified atom stereocenters. The number of rotatable bonds is 7.